The van der Waals surface area contributed by atoms with Crippen LogP contribution in [-0.4, -0.2) is 44.4 Å². The number of carbonyl (C=O) groups is 1. The first-order valence-electron chi connectivity index (χ1n) is 6.22. The summed E-state index contributed by atoms with van der Waals surface area (Å²) >= 11 is 0. The number of anilines is 1. The molecule has 0 bridgehead atoms. The molecule has 0 amide bonds. The Morgan fingerprint density at radius 3 is 2.50 bits per heavy atom. The fourth-order valence-electron chi connectivity index (χ4n) is 1.69. The Hall–Kier alpha value is -1.60. The van der Waals surface area contributed by atoms with Crippen molar-refractivity contribution in [1.82, 2.24) is 4.31 Å². The van der Waals surface area contributed by atoms with Crippen molar-refractivity contribution in [2.45, 2.75) is 18.2 Å². The highest BCUT2D eigenvalue weighted by molar-refractivity contribution is 7.89. The Labute approximate surface area is 119 Å². The minimum atomic E-state index is -3.52. The molecule has 0 spiro atoms. The van der Waals surface area contributed by atoms with Gasteiger partial charge in [-0.05, 0) is 18.1 Å². The van der Waals surface area contributed by atoms with Crippen molar-refractivity contribution in [2.75, 3.05) is 26.0 Å². The fourth-order valence-corrected chi connectivity index (χ4v) is 2.75. The summed E-state index contributed by atoms with van der Waals surface area (Å²) < 4.78 is 25.5. The van der Waals surface area contributed by atoms with Gasteiger partial charge in [-0.25, -0.2) is 12.7 Å². The lowest BCUT2D eigenvalue weighted by molar-refractivity contribution is -0.137. The zero-order chi connectivity index (χ0) is 15.3. The Morgan fingerprint density at radius 2 is 1.95 bits per heavy atom. The van der Waals surface area contributed by atoms with Crippen molar-refractivity contribution < 1.29 is 18.3 Å². The third-order valence-corrected chi connectivity index (χ3v) is 4.68. The van der Waals surface area contributed by atoms with E-state index in [-0.39, 0.29) is 17.2 Å². The maximum atomic E-state index is 12.2. The lowest BCUT2D eigenvalue weighted by Gasteiger charge is -2.17. The number of sulfonamides is 1. The van der Waals surface area contributed by atoms with E-state index in [9.17, 15) is 13.2 Å². The number of hydrogen-bond acceptors (Lipinski definition) is 4. The Kier molecular flexibility index (Phi) is 5.52. The third-order valence-electron chi connectivity index (χ3n) is 2.81. The molecule has 1 aromatic rings. The van der Waals surface area contributed by atoms with Crippen LogP contribution in [0.5, 0.6) is 0 Å². The minimum absolute atomic E-state index is 0.0373. The van der Waals surface area contributed by atoms with Crippen LogP contribution in [0.4, 0.5) is 5.69 Å². The monoisotopic (exact) mass is 300 g/mol. The number of benzene rings is 1. The molecule has 0 saturated carbocycles. The van der Waals surface area contributed by atoms with Gasteiger partial charge in [-0.1, -0.05) is 19.1 Å². The van der Waals surface area contributed by atoms with E-state index in [0.29, 0.717) is 12.2 Å². The van der Waals surface area contributed by atoms with Crippen molar-refractivity contribution in [3.8, 4) is 0 Å². The van der Waals surface area contributed by atoms with E-state index < -0.39 is 16.0 Å². The van der Waals surface area contributed by atoms with Gasteiger partial charge in [0.15, 0.2) is 0 Å². The van der Waals surface area contributed by atoms with Gasteiger partial charge in [0.2, 0.25) is 10.0 Å². The molecule has 2 N–H and O–H groups in total. The number of para-hydroxylation sites is 1. The second kappa shape index (κ2) is 6.71. The topological polar surface area (TPSA) is 86.7 Å². The van der Waals surface area contributed by atoms with Crippen LogP contribution in [-0.2, 0) is 14.8 Å². The van der Waals surface area contributed by atoms with Crippen molar-refractivity contribution in [3.05, 3.63) is 24.3 Å². The Balaban J connectivity index is 2.90. The predicted molar refractivity (Wildman–Crippen MR) is 77.2 cm³/mol. The highest BCUT2D eigenvalue weighted by Crippen LogP contribution is 2.23. The van der Waals surface area contributed by atoms with Crippen LogP contribution in [0.25, 0.3) is 0 Å². The van der Waals surface area contributed by atoms with Gasteiger partial charge < -0.3 is 10.4 Å². The smallest absolute Gasteiger partial charge is 0.303 e. The molecule has 0 heterocycles. The van der Waals surface area contributed by atoms with Crippen LogP contribution in [0.15, 0.2) is 29.2 Å². The molecule has 0 aliphatic rings. The van der Waals surface area contributed by atoms with Crippen LogP contribution in [0.1, 0.15) is 13.3 Å². The number of nitrogens with zero attached hydrogens (tertiary/aromatic N) is 1. The van der Waals surface area contributed by atoms with Crippen LogP contribution in [0.3, 0.4) is 0 Å². The molecule has 0 saturated heterocycles. The van der Waals surface area contributed by atoms with Gasteiger partial charge in [-0.15, -0.1) is 0 Å². The molecule has 7 heteroatoms. The minimum Gasteiger partial charge on any atom is -0.481 e. The van der Waals surface area contributed by atoms with E-state index >= 15 is 0 Å². The molecule has 1 aromatic carbocycles. The van der Waals surface area contributed by atoms with Crippen molar-refractivity contribution in [1.29, 1.82) is 0 Å². The third kappa shape index (κ3) is 4.21. The van der Waals surface area contributed by atoms with Crippen molar-refractivity contribution in [2.24, 2.45) is 5.92 Å². The van der Waals surface area contributed by atoms with Crippen LogP contribution in [0, 0.1) is 5.92 Å². The lowest BCUT2D eigenvalue weighted by atomic mass is 10.1. The van der Waals surface area contributed by atoms with E-state index in [1.165, 1.54) is 20.2 Å². The summed E-state index contributed by atoms with van der Waals surface area (Å²) in [5.74, 6) is -0.962. The summed E-state index contributed by atoms with van der Waals surface area (Å²) in [5, 5.41) is 11.7. The number of carboxylic acid groups (broad SMARTS) is 1. The molecule has 0 fully saturated rings. The summed E-state index contributed by atoms with van der Waals surface area (Å²) in [5.41, 5.74) is 0.485. The Bertz CT molecular complexity index is 569. The molecule has 6 nitrogen and oxygen atoms in total. The lowest BCUT2D eigenvalue weighted by Crippen LogP contribution is -2.24. The highest BCUT2D eigenvalue weighted by atomic mass is 32.2. The van der Waals surface area contributed by atoms with Crippen molar-refractivity contribution in [3.63, 3.8) is 0 Å². The first-order valence-corrected chi connectivity index (χ1v) is 7.66. The number of hydrogen-bond donors (Lipinski definition) is 2. The van der Waals surface area contributed by atoms with E-state index in [0.717, 1.165) is 4.31 Å². The largest absolute Gasteiger partial charge is 0.481 e. The molecule has 0 radical (unpaired) electrons. The standard InChI is InChI=1S/C13H20N2O4S/c1-10(8-13(16)17)9-14-11-6-4-5-7-12(11)20(18,19)15(2)3/h4-7,10,14H,8-9H2,1-3H3,(H,16,17). The molecule has 0 aliphatic carbocycles. The van der Waals surface area contributed by atoms with Crippen molar-refractivity contribution >= 4 is 21.7 Å². The molecule has 1 rings (SSSR count). The van der Waals surface area contributed by atoms with Crippen LogP contribution >= 0.6 is 0 Å². The predicted octanol–water partition coefficient (Wildman–Crippen LogP) is 1.46. The first-order chi connectivity index (χ1) is 9.25. The molecule has 1 unspecified atom stereocenters. The molecule has 20 heavy (non-hydrogen) atoms. The van der Waals surface area contributed by atoms with Crippen LogP contribution < -0.4 is 5.32 Å². The SMILES string of the molecule is CC(CNc1ccccc1S(=O)(=O)N(C)C)CC(=O)O. The van der Waals surface area contributed by atoms with Crippen LogP contribution in [0.2, 0.25) is 0 Å². The summed E-state index contributed by atoms with van der Waals surface area (Å²) in [7, 11) is -0.581. The number of rotatable bonds is 7. The molecule has 1 atom stereocenters. The fraction of sp³-hybridized carbons (Fsp3) is 0.462. The van der Waals surface area contributed by atoms with Gasteiger partial charge in [0.1, 0.15) is 4.90 Å². The number of aliphatic carboxylic acids is 1. The summed E-state index contributed by atoms with van der Waals surface area (Å²) in [6.45, 7) is 2.19. The first kappa shape index (κ1) is 16.5. The number of carboxylic acids is 1. The highest BCUT2D eigenvalue weighted by Gasteiger charge is 2.21. The summed E-state index contributed by atoms with van der Waals surface area (Å²) in [6, 6.07) is 6.59. The van der Waals surface area contributed by atoms with Gasteiger partial charge in [-0.2, -0.15) is 0 Å². The summed E-state index contributed by atoms with van der Waals surface area (Å²) in [6.07, 6.45) is 0.0373. The molecular formula is C13H20N2O4S. The van der Waals surface area contributed by atoms with E-state index in [1.54, 1.807) is 25.1 Å². The second-order valence-electron chi connectivity index (χ2n) is 4.87. The van der Waals surface area contributed by atoms with Gasteiger partial charge in [0.05, 0.1) is 5.69 Å². The summed E-state index contributed by atoms with van der Waals surface area (Å²) in [4.78, 5) is 10.8. The maximum Gasteiger partial charge on any atom is 0.303 e. The van der Waals surface area contributed by atoms with Gasteiger partial charge in [0, 0.05) is 27.1 Å². The quantitative estimate of drug-likeness (QED) is 0.796. The van der Waals surface area contributed by atoms with E-state index in [2.05, 4.69) is 5.32 Å². The maximum absolute atomic E-state index is 12.2. The molecule has 112 valence electrons. The Morgan fingerprint density at radius 1 is 1.35 bits per heavy atom. The average molecular weight is 300 g/mol. The van der Waals surface area contributed by atoms with Gasteiger partial charge >= 0.3 is 5.97 Å². The molecule has 0 aliphatic heterocycles. The zero-order valence-electron chi connectivity index (χ0n) is 11.8. The van der Waals surface area contributed by atoms with E-state index in [1.807, 2.05) is 0 Å². The molecule has 0 aromatic heterocycles. The normalized spacial score (nSPS) is 13.2. The number of nitrogens with one attached hydrogen (secondary N) is 1. The molecular weight excluding hydrogens is 280 g/mol. The van der Waals surface area contributed by atoms with E-state index in [4.69, 9.17) is 5.11 Å². The van der Waals surface area contributed by atoms with Gasteiger partial charge in [0.25, 0.3) is 0 Å². The zero-order valence-corrected chi connectivity index (χ0v) is 12.6. The van der Waals surface area contributed by atoms with Gasteiger partial charge in [-0.3, -0.25) is 4.79 Å². The average Bonchev–Trinajstić information content (AvgIpc) is 2.35. The second-order valence-corrected chi connectivity index (χ2v) is 6.99.